The predicted octanol–water partition coefficient (Wildman–Crippen LogP) is 3.92. The minimum atomic E-state index is -0.278. The Morgan fingerprint density at radius 3 is 2.71 bits per heavy atom. The lowest BCUT2D eigenvalue weighted by molar-refractivity contribution is 0.0972. The molecule has 1 aliphatic heterocycles. The van der Waals surface area contributed by atoms with E-state index >= 15 is 0 Å². The van der Waals surface area contributed by atoms with Crippen LogP contribution in [0.2, 0.25) is 5.02 Å². The lowest BCUT2D eigenvalue weighted by Crippen LogP contribution is -2.22. The van der Waals surface area contributed by atoms with E-state index < -0.39 is 0 Å². The first-order valence-electron chi connectivity index (χ1n) is 9.51. The van der Waals surface area contributed by atoms with Gasteiger partial charge in [-0.25, -0.2) is 9.97 Å². The van der Waals surface area contributed by atoms with Gasteiger partial charge in [-0.2, -0.15) is 0 Å². The second kappa shape index (κ2) is 8.14. The quantitative estimate of drug-likeness (QED) is 0.638. The summed E-state index contributed by atoms with van der Waals surface area (Å²) >= 11 is 7.41. The van der Waals surface area contributed by atoms with Crippen molar-refractivity contribution in [2.75, 3.05) is 18.4 Å². The number of hydrogen-bond donors (Lipinski definition) is 1. The molecule has 1 aliphatic carbocycles. The summed E-state index contributed by atoms with van der Waals surface area (Å²) in [5.74, 6) is 2.29. The third-order valence-electron chi connectivity index (χ3n) is 5.33. The molecule has 1 saturated heterocycles. The van der Waals surface area contributed by atoms with Gasteiger partial charge in [0, 0.05) is 31.6 Å². The molecule has 8 nitrogen and oxygen atoms in total. The van der Waals surface area contributed by atoms with Crippen molar-refractivity contribution in [3.63, 3.8) is 0 Å². The standard InChI is InChI=1S/C18H25ClN6O2S/c1-11(14(26-3)15-20-9-12(19)10-21-15)28-24-17-23-22-16(13-5-4-8-27-13)25(17)18(2)6-7-18/h9-11,13-14H,4-8H2,1-3H3,(H,23,24). The zero-order valence-electron chi connectivity index (χ0n) is 16.3. The van der Waals surface area contributed by atoms with Gasteiger partial charge >= 0.3 is 0 Å². The van der Waals surface area contributed by atoms with Crippen LogP contribution in [0.4, 0.5) is 5.95 Å². The molecule has 28 heavy (non-hydrogen) atoms. The van der Waals surface area contributed by atoms with E-state index in [1.807, 2.05) is 0 Å². The number of anilines is 1. The number of ether oxygens (including phenoxy) is 2. The van der Waals surface area contributed by atoms with Gasteiger partial charge in [0.15, 0.2) is 11.6 Å². The van der Waals surface area contributed by atoms with Crippen molar-refractivity contribution < 1.29 is 9.47 Å². The predicted molar refractivity (Wildman–Crippen MR) is 108 cm³/mol. The molecule has 3 unspecified atom stereocenters. The van der Waals surface area contributed by atoms with Crippen LogP contribution >= 0.6 is 23.5 Å². The molecule has 0 bridgehead atoms. The van der Waals surface area contributed by atoms with Crippen LogP contribution in [0.1, 0.15) is 63.4 Å². The Labute approximate surface area is 173 Å². The minimum Gasteiger partial charge on any atom is -0.372 e. The van der Waals surface area contributed by atoms with Gasteiger partial charge in [-0.15, -0.1) is 10.2 Å². The molecule has 2 aliphatic rings. The fourth-order valence-electron chi connectivity index (χ4n) is 3.47. The molecule has 3 heterocycles. The van der Waals surface area contributed by atoms with E-state index in [0.717, 1.165) is 44.1 Å². The third-order valence-corrected chi connectivity index (χ3v) is 6.44. The van der Waals surface area contributed by atoms with Crippen LogP contribution in [0.25, 0.3) is 0 Å². The van der Waals surface area contributed by atoms with E-state index in [2.05, 4.69) is 43.3 Å². The number of nitrogens with zero attached hydrogens (tertiary/aromatic N) is 5. The average molecular weight is 425 g/mol. The monoisotopic (exact) mass is 424 g/mol. The summed E-state index contributed by atoms with van der Waals surface area (Å²) in [4.78, 5) is 8.58. The van der Waals surface area contributed by atoms with Crippen LogP contribution in [-0.4, -0.2) is 43.7 Å². The molecule has 0 aromatic carbocycles. The van der Waals surface area contributed by atoms with Crippen molar-refractivity contribution in [1.82, 2.24) is 24.7 Å². The summed E-state index contributed by atoms with van der Waals surface area (Å²) < 4.78 is 17.1. The maximum atomic E-state index is 5.89. The summed E-state index contributed by atoms with van der Waals surface area (Å²) in [6.07, 6.45) is 7.24. The van der Waals surface area contributed by atoms with Gasteiger partial charge in [-0.1, -0.05) is 11.6 Å². The second-order valence-electron chi connectivity index (χ2n) is 7.56. The SMILES string of the molecule is COC(c1ncc(Cl)cn1)C(C)SNc1nnc(C2CCCO2)n1C1(C)CC1. The van der Waals surface area contributed by atoms with Crippen LogP contribution in [0, 0.1) is 0 Å². The Balaban J connectivity index is 1.49. The normalized spacial score (nSPS) is 22.8. The smallest absolute Gasteiger partial charge is 0.235 e. The highest BCUT2D eigenvalue weighted by molar-refractivity contribution is 8.01. The van der Waals surface area contributed by atoms with E-state index in [1.54, 1.807) is 19.5 Å². The number of aromatic nitrogens is 5. The van der Waals surface area contributed by atoms with E-state index in [1.165, 1.54) is 11.9 Å². The van der Waals surface area contributed by atoms with Gasteiger partial charge < -0.3 is 9.47 Å². The lowest BCUT2D eigenvalue weighted by Gasteiger charge is -2.23. The molecule has 3 atom stereocenters. The number of rotatable bonds is 8. The second-order valence-corrected chi connectivity index (χ2v) is 9.18. The van der Waals surface area contributed by atoms with Gasteiger partial charge in [0.2, 0.25) is 5.95 Å². The average Bonchev–Trinajstić information content (AvgIpc) is 3.11. The number of methoxy groups -OCH3 is 1. The largest absolute Gasteiger partial charge is 0.372 e. The maximum Gasteiger partial charge on any atom is 0.235 e. The number of nitrogens with one attached hydrogen (secondary N) is 1. The van der Waals surface area contributed by atoms with Gasteiger partial charge in [-0.05, 0) is 51.5 Å². The van der Waals surface area contributed by atoms with Gasteiger partial charge in [0.05, 0.1) is 10.3 Å². The van der Waals surface area contributed by atoms with Gasteiger partial charge in [-0.3, -0.25) is 9.29 Å². The Kier molecular flexibility index (Phi) is 5.78. The molecule has 4 rings (SSSR count). The molecule has 0 radical (unpaired) electrons. The molecule has 10 heteroatoms. The van der Waals surface area contributed by atoms with Crippen molar-refractivity contribution in [3.05, 3.63) is 29.1 Å². The Morgan fingerprint density at radius 2 is 2.11 bits per heavy atom. The van der Waals surface area contributed by atoms with Gasteiger partial charge in [0.25, 0.3) is 0 Å². The number of halogens is 1. The van der Waals surface area contributed by atoms with Crippen molar-refractivity contribution >= 4 is 29.5 Å². The molecule has 2 aromatic heterocycles. The molecule has 2 fully saturated rings. The first kappa shape index (κ1) is 19.9. The van der Waals surface area contributed by atoms with Crippen LogP contribution in [0.5, 0.6) is 0 Å². The molecular formula is C18H25ClN6O2S. The van der Waals surface area contributed by atoms with E-state index in [4.69, 9.17) is 21.1 Å². The Morgan fingerprint density at radius 1 is 1.36 bits per heavy atom. The fourth-order valence-corrected chi connectivity index (χ4v) is 4.35. The molecule has 1 N–H and O–H groups in total. The number of hydrogen-bond acceptors (Lipinski definition) is 8. The summed E-state index contributed by atoms with van der Waals surface area (Å²) in [6.45, 7) is 5.09. The van der Waals surface area contributed by atoms with Crippen LogP contribution in [-0.2, 0) is 15.0 Å². The Hall–Kier alpha value is -1.42. The maximum absolute atomic E-state index is 5.89. The summed E-state index contributed by atoms with van der Waals surface area (Å²) in [7, 11) is 1.66. The van der Waals surface area contributed by atoms with Crippen LogP contribution in [0.3, 0.4) is 0 Å². The van der Waals surface area contributed by atoms with E-state index in [0.29, 0.717) is 10.8 Å². The van der Waals surface area contributed by atoms with Crippen LogP contribution < -0.4 is 4.72 Å². The highest BCUT2D eigenvalue weighted by Crippen LogP contribution is 2.47. The zero-order chi connectivity index (χ0) is 19.7. The van der Waals surface area contributed by atoms with Gasteiger partial charge in [0.1, 0.15) is 12.2 Å². The molecule has 152 valence electrons. The van der Waals surface area contributed by atoms with E-state index in [-0.39, 0.29) is 23.0 Å². The third kappa shape index (κ3) is 3.98. The molecule has 0 spiro atoms. The summed E-state index contributed by atoms with van der Waals surface area (Å²) in [5.41, 5.74) is 0.0663. The fraction of sp³-hybridized carbons (Fsp3) is 0.667. The van der Waals surface area contributed by atoms with Crippen molar-refractivity contribution in [2.45, 2.75) is 62.5 Å². The molecule has 0 amide bonds. The minimum absolute atomic E-state index is 0.0366. The lowest BCUT2D eigenvalue weighted by atomic mass is 10.2. The molecule has 2 aromatic rings. The summed E-state index contributed by atoms with van der Waals surface area (Å²) in [5, 5.41) is 9.42. The molecular weight excluding hydrogens is 400 g/mol. The Bertz CT molecular complexity index is 807. The van der Waals surface area contributed by atoms with Crippen molar-refractivity contribution in [1.29, 1.82) is 0 Å². The van der Waals surface area contributed by atoms with Crippen molar-refractivity contribution in [2.24, 2.45) is 0 Å². The van der Waals surface area contributed by atoms with Crippen molar-refractivity contribution in [3.8, 4) is 0 Å². The first-order chi connectivity index (χ1) is 13.5. The zero-order valence-corrected chi connectivity index (χ0v) is 17.8. The van der Waals surface area contributed by atoms with E-state index in [9.17, 15) is 0 Å². The highest BCUT2D eigenvalue weighted by atomic mass is 35.5. The first-order valence-corrected chi connectivity index (χ1v) is 10.8. The van der Waals surface area contributed by atoms with Crippen LogP contribution in [0.15, 0.2) is 12.4 Å². The summed E-state index contributed by atoms with van der Waals surface area (Å²) in [6, 6.07) is 0. The topological polar surface area (TPSA) is 87.0 Å². The molecule has 1 saturated carbocycles. The highest BCUT2D eigenvalue weighted by Gasteiger charge is 2.44.